The van der Waals surface area contributed by atoms with Crippen LogP contribution < -0.4 is 4.74 Å². The summed E-state index contributed by atoms with van der Waals surface area (Å²) in [7, 11) is 1.55. The number of methoxy groups -OCH3 is 1. The van der Waals surface area contributed by atoms with Crippen LogP contribution in [0.1, 0.15) is 25.0 Å². The maximum Gasteiger partial charge on any atom is 0.160 e. The third-order valence-electron chi connectivity index (χ3n) is 2.42. The molecule has 0 spiro atoms. The van der Waals surface area contributed by atoms with Gasteiger partial charge in [0.1, 0.15) is 11.9 Å². The van der Waals surface area contributed by atoms with Gasteiger partial charge in [-0.05, 0) is 17.7 Å². The fraction of sp³-hybridized carbons (Fsp3) is 0.308. The van der Waals surface area contributed by atoms with Gasteiger partial charge in [0, 0.05) is 12.0 Å². The predicted octanol–water partition coefficient (Wildman–Crippen LogP) is 2.26. The average Bonchev–Trinajstić information content (AvgIpc) is 2.36. The summed E-state index contributed by atoms with van der Waals surface area (Å²) in [6, 6.07) is 6.97. The summed E-state index contributed by atoms with van der Waals surface area (Å²) in [4.78, 5) is 11.4. The molecule has 3 nitrogen and oxygen atoms in total. The molecule has 0 radical (unpaired) electrons. The van der Waals surface area contributed by atoms with Gasteiger partial charge in [0.25, 0.3) is 0 Å². The molecule has 3 heteroatoms. The fourth-order valence-corrected chi connectivity index (χ4v) is 1.39. The molecule has 0 saturated carbocycles. The molecule has 16 heavy (non-hydrogen) atoms. The second-order valence-corrected chi connectivity index (χ2v) is 3.48. The fourth-order valence-electron chi connectivity index (χ4n) is 1.39. The molecular formula is C13H16O3. The lowest BCUT2D eigenvalue weighted by molar-refractivity contribution is -0.116. The van der Waals surface area contributed by atoms with Crippen molar-refractivity contribution in [1.82, 2.24) is 0 Å². The van der Waals surface area contributed by atoms with Crippen molar-refractivity contribution in [1.29, 1.82) is 0 Å². The van der Waals surface area contributed by atoms with Gasteiger partial charge in [-0.3, -0.25) is 4.79 Å². The number of carbonyl (C=O) groups excluding carboxylic acids is 1. The molecule has 0 aliphatic carbocycles. The summed E-state index contributed by atoms with van der Waals surface area (Å²) in [6.07, 6.45) is -0.609. The summed E-state index contributed by atoms with van der Waals surface area (Å²) >= 11 is 0. The summed E-state index contributed by atoms with van der Waals surface area (Å²) in [5, 5.41) is 9.93. The first-order valence-corrected chi connectivity index (χ1v) is 5.14. The third kappa shape index (κ3) is 2.70. The van der Waals surface area contributed by atoms with E-state index >= 15 is 0 Å². The Morgan fingerprint density at radius 2 is 2.25 bits per heavy atom. The summed E-state index contributed by atoms with van der Waals surface area (Å²) in [6.45, 7) is 5.36. The van der Waals surface area contributed by atoms with Crippen molar-refractivity contribution in [2.45, 2.75) is 19.4 Å². The summed E-state index contributed by atoms with van der Waals surface area (Å²) in [5.74, 6) is 0.517. The number of ketones is 1. The van der Waals surface area contributed by atoms with Gasteiger partial charge in [0.15, 0.2) is 5.78 Å². The SMILES string of the molecule is C=C(C(=O)CC)C(O)c1cccc(OC)c1. The Balaban J connectivity index is 2.91. The van der Waals surface area contributed by atoms with Crippen LogP contribution in [0.2, 0.25) is 0 Å². The molecule has 0 aliphatic heterocycles. The van der Waals surface area contributed by atoms with E-state index < -0.39 is 6.10 Å². The summed E-state index contributed by atoms with van der Waals surface area (Å²) < 4.78 is 5.05. The molecule has 0 aliphatic rings. The molecule has 1 aromatic carbocycles. The van der Waals surface area contributed by atoms with E-state index in [9.17, 15) is 9.90 Å². The summed E-state index contributed by atoms with van der Waals surface area (Å²) in [5.41, 5.74) is 0.835. The van der Waals surface area contributed by atoms with Gasteiger partial charge in [0.05, 0.1) is 7.11 Å². The van der Waals surface area contributed by atoms with Gasteiger partial charge >= 0.3 is 0 Å². The molecule has 0 amide bonds. The van der Waals surface area contributed by atoms with Gasteiger partial charge < -0.3 is 9.84 Å². The number of Topliss-reactive ketones (excluding diaryl/α,β-unsaturated/α-hetero) is 1. The standard InChI is InChI=1S/C13H16O3/c1-4-12(14)9(2)13(15)10-6-5-7-11(8-10)16-3/h5-8,13,15H,2,4H2,1,3H3. The van der Waals surface area contributed by atoms with Crippen LogP contribution in [0.5, 0.6) is 5.75 Å². The minimum absolute atomic E-state index is 0.129. The largest absolute Gasteiger partial charge is 0.497 e. The van der Waals surface area contributed by atoms with E-state index in [1.807, 2.05) is 0 Å². The van der Waals surface area contributed by atoms with Crippen LogP contribution in [0.15, 0.2) is 36.4 Å². The van der Waals surface area contributed by atoms with E-state index in [1.165, 1.54) is 0 Å². The van der Waals surface area contributed by atoms with Gasteiger partial charge in [-0.1, -0.05) is 25.6 Å². The van der Waals surface area contributed by atoms with Crippen molar-refractivity contribution in [3.63, 3.8) is 0 Å². The van der Waals surface area contributed by atoms with Gasteiger partial charge in [-0.15, -0.1) is 0 Å². The highest BCUT2D eigenvalue weighted by Gasteiger charge is 2.17. The second-order valence-electron chi connectivity index (χ2n) is 3.48. The van der Waals surface area contributed by atoms with Crippen LogP contribution in [0, 0.1) is 0 Å². The van der Waals surface area contributed by atoms with Crippen LogP contribution in [-0.2, 0) is 4.79 Å². The van der Waals surface area contributed by atoms with Crippen molar-refractivity contribution in [3.8, 4) is 5.75 Å². The van der Waals surface area contributed by atoms with E-state index in [-0.39, 0.29) is 11.4 Å². The predicted molar refractivity (Wildman–Crippen MR) is 62.4 cm³/mol. The Bertz CT molecular complexity index is 396. The minimum atomic E-state index is -0.956. The zero-order chi connectivity index (χ0) is 12.1. The quantitative estimate of drug-likeness (QED) is 0.774. The van der Waals surface area contributed by atoms with Crippen LogP contribution in [0.4, 0.5) is 0 Å². The third-order valence-corrected chi connectivity index (χ3v) is 2.42. The number of carbonyl (C=O) groups is 1. The number of rotatable bonds is 5. The Kier molecular flexibility index (Phi) is 4.26. The molecule has 0 heterocycles. The number of hydrogen-bond donors (Lipinski definition) is 1. The normalized spacial score (nSPS) is 11.9. The Morgan fingerprint density at radius 1 is 1.56 bits per heavy atom. The van der Waals surface area contributed by atoms with Gasteiger partial charge in [-0.2, -0.15) is 0 Å². The molecule has 0 fully saturated rings. The molecule has 1 N–H and O–H groups in total. The second kappa shape index (κ2) is 5.47. The number of aliphatic hydroxyl groups excluding tert-OH is 1. The van der Waals surface area contributed by atoms with Gasteiger partial charge in [-0.25, -0.2) is 0 Å². The monoisotopic (exact) mass is 220 g/mol. The van der Waals surface area contributed by atoms with Crippen molar-refractivity contribution >= 4 is 5.78 Å². The first-order chi connectivity index (χ1) is 7.60. The average molecular weight is 220 g/mol. The molecule has 1 unspecified atom stereocenters. The number of aliphatic hydroxyl groups is 1. The Morgan fingerprint density at radius 3 is 2.81 bits per heavy atom. The van der Waals surface area contributed by atoms with E-state index in [4.69, 9.17) is 4.74 Å². The molecule has 1 rings (SSSR count). The smallest absolute Gasteiger partial charge is 0.160 e. The first-order valence-electron chi connectivity index (χ1n) is 5.14. The lowest BCUT2D eigenvalue weighted by Gasteiger charge is -2.13. The molecule has 0 saturated heterocycles. The lowest BCUT2D eigenvalue weighted by atomic mass is 9.98. The van der Waals surface area contributed by atoms with E-state index in [1.54, 1.807) is 38.3 Å². The molecule has 0 aromatic heterocycles. The van der Waals surface area contributed by atoms with Crippen LogP contribution in [-0.4, -0.2) is 18.0 Å². The maximum atomic E-state index is 11.4. The highest BCUT2D eigenvalue weighted by Crippen LogP contribution is 2.24. The van der Waals surface area contributed by atoms with Crippen LogP contribution in [0.3, 0.4) is 0 Å². The van der Waals surface area contributed by atoms with E-state index in [0.29, 0.717) is 17.7 Å². The highest BCUT2D eigenvalue weighted by atomic mass is 16.5. The first kappa shape index (κ1) is 12.5. The number of benzene rings is 1. The molecule has 1 atom stereocenters. The number of hydrogen-bond acceptors (Lipinski definition) is 3. The molecule has 1 aromatic rings. The topological polar surface area (TPSA) is 46.5 Å². The Hall–Kier alpha value is -1.61. The minimum Gasteiger partial charge on any atom is -0.497 e. The number of ether oxygens (including phenoxy) is 1. The Labute approximate surface area is 95.4 Å². The van der Waals surface area contributed by atoms with E-state index in [2.05, 4.69) is 6.58 Å². The van der Waals surface area contributed by atoms with Crippen LogP contribution in [0.25, 0.3) is 0 Å². The van der Waals surface area contributed by atoms with E-state index in [0.717, 1.165) is 0 Å². The highest BCUT2D eigenvalue weighted by molar-refractivity contribution is 5.95. The van der Waals surface area contributed by atoms with Crippen molar-refractivity contribution < 1.29 is 14.6 Å². The van der Waals surface area contributed by atoms with Crippen LogP contribution >= 0.6 is 0 Å². The zero-order valence-corrected chi connectivity index (χ0v) is 9.56. The maximum absolute atomic E-state index is 11.4. The van der Waals surface area contributed by atoms with Gasteiger partial charge in [0.2, 0.25) is 0 Å². The molecular weight excluding hydrogens is 204 g/mol. The van der Waals surface area contributed by atoms with Crippen molar-refractivity contribution in [2.75, 3.05) is 7.11 Å². The molecule has 0 bridgehead atoms. The zero-order valence-electron chi connectivity index (χ0n) is 9.56. The van der Waals surface area contributed by atoms with Crippen molar-refractivity contribution in [3.05, 3.63) is 42.0 Å². The van der Waals surface area contributed by atoms with Crippen molar-refractivity contribution in [2.24, 2.45) is 0 Å². The molecule has 86 valence electrons. The lowest BCUT2D eigenvalue weighted by Crippen LogP contribution is -2.09.